The highest BCUT2D eigenvalue weighted by molar-refractivity contribution is 5.91. The summed E-state index contributed by atoms with van der Waals surface area (Å²) >= 11 is 0. The van der Waals surface area contributed by atoms with E-state index < -0.39 is 6.04 Å². The number of aliphatic hydroxyl groups is 1. The molecule has 1 fully saturated rings. The Hall–Kier alpha value is -3.64. The fourth-order valence-electron chi connectivity index (χ4n) is 5.24. The second kappa shape index (κ2) is 12.5. The fourth-order valence-corrected chi connectivity index (χ4v) is 5.24. The topological polar surface area (TPSA) is 78.9 Å². The van der Waals surface area contributed by atoms with Crippen LogP contribution >= 0.6 is 0 Å². The number of methoxy groups -OCH3 is 1. The Morgan fingerprint density at radius 1 is 0.973 bits per heavy atom. The van der Waals surface area contributed by atoms with Gasteiger partial charge in [-0.25, -0.2) is 0 Å². The van der Waals surface area contributed by atoms with Crippen LogP contribution in [0.2, 0.25) is 0 Å². The zero-order chi connectivity index (χ0) is 26.2. The molecule has 1 aliphatic carbocycles. The standard InChI is InChI=1S/C31H36N2O4/c1-22(35)33(26-16-18-27(37-2)19-17-26)20-23-12-14-24(15-13-23)28-10-6-7-11-29(28)31(36)32-30(21-34)25-8-4-3-5-9-25/h3-5,8-9,12-19,28-30,34H,6-7,10-11,20-21H2,1-2H3,(H,32,36). The molecule has 4 rings (SSSR count). The van der Waals surface area contributed by atoms with Crippen LogP contribution < -0.4 is 15.0 Å². The van der Waals surface area contributed by atoms with Gasteiger partial charge in [0.2, 0.25) is 11.8 Å². The van der Waals surface area contributed by atoms with Gasteiger partial charge in [-0.2, -0.15) is 0 Å². The zero-order valence-corrected chi connectivity index (χ0v) is 21.6. The molecule has 3 aromatic rings. The molecule has 0 radical (unpaired) electrons. The first-order chi connectivity index (χ1) is 18.0. The maximum atomic E-state index is 13.3. The van der Waals surface area contributed by atoms with Crippen molar-refractivity contribution in [2.45, 2.75) is 51.1 Å². The van der Waals surface area contributed by atoms with E-state index in [1.54, 1.807) is 18.9 Å². The van der Waals surface area contributed by atoms with Crippen molar-refractivity contribution in [2.75, 3.05) is 18.6 Å². The minimum atomic E-state index is -0.408. The van der Waals surface area contributed by atoms with E-state index in [-0.39, 0.29) is 30.3 Å². The van der Waals surface area contributed by atoms with Crippen molar-refractivity contribution in [2.24, 2.45) is 5.92 Å². The molecule has 0 saturated heterocycles. The normalized spacial score (nSPS) is 18.0. The van der Waals surface area contributed by atoms with Gasteiger partial charge in [-0.05, 0) is 59.7 Å². The first-order valence-corrected chi connectivity index (χ1v) is 13.0. The monoisotopic (exact) mass is 500 g/mol. The van der Waals surface area contributed by atoms with E-state index in [4.69, 9.17) is 4.74 Å². The van der Waals surface area contributed by atoms with Gasteiger partial charge in [0, 0.05) is 18.5 Å². The summed E-state index contributed by atoms with van der Waals surface area (Å²) in [4.78, 5) is 27.5. The third kappa shape index (κ3) is 6.57. The first-order valence-electron chi connectivity index (χ1n) is 13.0. The molecule has 0 aromatic heterocycles. The summed E-state index contributed by atoms with van der Waals surface area (Å²) in [5, 5.41) is 13.0. The van der Waals surface area contributed by atoms with Crippen LogP contribution in [0.4, 0.5) is 5.69 Å². The van der Waals surface area contributed by atoms with Crippen LogP contribution in [0.1, 0.15) is 61.3 Å². The van der Waals surface area contributed by atoms with Gasteiger partial charge in [0.25, 0.3) is 0 Å². The van der Waals surface area contributed by atoms with Gasteiger partial charge in [0.1, 0.15) is 5.75 Å². The van der Waals surface area contributed by atoms with Crippen LogP contribution in [0.15, 0.2) is 78.9 Å². The van der Waals surface area contributed by atoms with Crippen LogP contribution in [-0.2, 0) is 16.1 Å². The molecule has 0 aliphatic heterocycles. The Morgan fingerprint density at radius 3 is 2.27 bits per heavy atom. The predicted molar refractivity (Wildman–Crippen MR) is 145 cm³/mol. The van der Waals surface area contributed by atoms with E-state index in [1.807, 2.05) is 54.6 Å². The second-order valence-electron chi connectivity index (χ2n) is 9.70. The van der Waals surface area contributed by atoms with Crippen molar-refractivity contribution in [3.63, 3.8) is 0 Å². The van der Waals surface area contributed by atoms with Crippen LogP contribution in [0.25, 0.3) is 0 Å². The summed E-state index contributed by atoms with van der Waals surface area (Å²) in [5.74, 6) is 0.708. The van der Waals surface area contributed by atoms with E-state index in [9.17, 15) is 14.7 Å². The van der Waals surface area contributed by atoms with Gasteiger partial charge < -0.3 is 20.1 Å². The first kappa shape index (κ1) is 26.4. The van der Waals surface area contributed by atoms with Crippen molar-refractivity contribution >= 4 is 17.5 Å². The van der Waals surface area contributed by atoms with Crippen molar-refractivity contribution in [3.8, 4) is 5.75 Å². The highest BCUT2D eigenvalue weighted by Crippen LogP contribution is 2.38. The number of benzene rings is 3. The number of aliphatic hydroxyl groups excluding tert-OH is 1. The molecule has 0 heterocycles. The maximum absolute atomic E-state index is 13.3. The van der Waals surface area contributed by atoms with Crippen molar-refractivity contribution < 1.29 is 19.4 Å². The van der Waals surface area contributed by atoms with Crippen molar-refractivity contribution in [3.05, 3.63) is 95.6 Å². The van der Waals surface area contributed by atoms with E-state index in [0.29, 0.717) is 6.54 Å². The average Bonchev–Trinajstić information content (AvgIpc) is 2.95. The molecule has 194 valence electrons. The molecule has 1 aliphatic rings. The lowest BCUT2D eigenvalue weighted by molar-refractivity contribution is -0.127. The number of ether oxygens (including phenoxy) is 1. The highest BCUT2D eigenvalue weighted by Gasteiger charge is 2.33. The number of carbonyl (C=O) groups is 2. The molecule has 1 saturated carbocycles. The van der Waals surface area contributed by atoms with Crippen LogP contribution in [0.3, 0.4) is 0 Å². The molecule has 0 spiro atoms. The summed E-state index contributed by atoms with van der Waals surface area (Å²) in [6, 6.07) is 25.0. The molecule has 6 heteroatoms. The quantitative estimate of drug-likeness (QED) is 0.414. The molecule has 37 heavy (non-hydrogen) atoms. The third-order valence-electron chi connectivity index (χ3n) is 7.32. The third-order valence-corrected chi connectivity index (χ3v) is 7.32. The number of nitrogens with zero attached hydrogens (tertiary/aromatic N) is 1. The number of anilines is 1. The van der Waals surface area contributed by atoms with E-state index in [2.05, 4.69) is 29.6 Å². The maximum Gasteiger partial charge on any atom is 0.224 e. The lowest BCUT2D eigenvalue weighted by Gasteiger charge is -2.32. The van der Waals surface area contributed by atoms with Gasteiger partial charge >= 0.3 is 0 Å². The number of nitrogens with one attached hydrogen (secondary N) is 1. The lowest BCUT2D eigenvalue weighted by Crippen LogP contribution is -2.39. The molecule has 3 atom stereocenters. The fraction of sp³-hybridized carbons (Fsp3) is 0.355. The van der Waals surface area contributed by atoms with Gasteiger partial charge in [-0.1, -0.05) is 67.4 Å². The molecular weight excluding hydrogens is 464 g/mol. The SMILES string of the molecule is COc1ccc(N(Cc2ccc(C3CCCCC3C(=O)NC(CO)c3ccccc3)cc2)C(C)=O)cc1. The van der Waals surface area contributed by atoms with E-state index in [0.717, 1.165) is 53.8 Å². The summed E-state index contributed by atoms with van der Waals surface area (Å²) in [5.41, 5.74) is 3.89. The number of hydrogen-bond donors (Lipinski definition) is 2. The Morgan fingerprint density at radius 2 is 1.65 bits per heavy atom. The summed E-state index contributed by atoms with van der Waals surface area (Å²) in [6.45, 7) is 1.90. The average molecular weight is 501 g/mol. The second-order valence-corrected chi connectivity index (χ2v) is 9.70. The van der Waals surface area contributed by atoms with Gasteiger partial charge in [-0.15, -0.1) is 0 Å². The molecule has 3 aromatic carbocycles. The Bertz CT molecular complexity index is 1160. The summed E-state index contributed by atoms with van der Waals surface area (Å²) in [6.07, 6.45) is 3.91. The Kier molecular flexibility index (Phi) is 8.96. The van der Waals surface area contributed by atoms with E-state index in [1.165, 1.54) is 0 Å². The van der Waals surface area contributed by atoms with Crippen molar-refractivity contribution in [1.82, 2.24) is 5.32 Å². The molecule has 3 unspecified atom stereocenters. The van der Waals surface area contributed by atoms with Gasteiger partial charge in [-0.3, -0.25) is 9.59 Å². The summed E-state index contributed by atoms with van der Waals surface area (Å²) < 4.78 is 5.23. The smallest absolute Gasteiger partial charge is 0.224 e. The molecule has 0 bridgehead atoms. The van der Waals surface area contributed by atoms with Gasteiger partial charge in [0.15, 0.2) is 0 Å². The minimum Gasteiger partial charge on any atom is -0.497 e. The minimum absolute atomic E-state index is 0.000981. The van der Waals surface area contributed by atoms with Gasteiger partial charge in [0.05, 0.1) is 26.3 Å². The van der Waals surface area contributed by atoms with Crippen molar-refractivity contribution in [1.29, 1.82) is 0 Å². The van der Waals surface area contributed by atoms with E-state index >= 15 is 0 Å². The molecule has 2 amide bonds. The Labute approximate surface area is 219 Å². The number of hydrogen-bond acceptors (Lipinski definition) is 4. The number of carbonyl (C=O) groups excluding carboxylic acids is 2. The van der Waals surface area contributed by atoms with Crippen LogP contribution in [0.5, 0.6) is 5.75 Å². The lowest BCUT2D eigenvalue weighted by atomic mass is 9.74. The predicted octanol–water partition coefficient (Wildman–Crippen LogP) is 5.37. The number of amides is 2. The molecule has 6 nitrogen and oxygen atoms in total. The van der Waals surface area contributed by atoms with Crippen LogP contribution in [-0.4, -0.2) is 30.6 Å². The molecular formula is C31H36N2O4. The zero-order valence-electron chi connectivity index (χ0n) is 21.6. The van der Waals surface area contributed by atoms with Crippen LogP contribution in [0, 0.1) is 5.92 Å². The highest BCUT2D eigenvalue weighted by atomic mass is 16.5. The summed E-state index contributed by atoms with van der Waals surface area (Å²) in [7, 11) is 1.62. The number of rotatable bonds is 9. The largest absolute Gasteiger partial charge is 0.497 e. The Balaban J connectivity index is 1.46. The molecule has 2 N–H and O–H groups in total.